The van der Waals surface area contributed by atoms with Gasteiger partial charge in [0, 0.05) is 5.56 Å². The second-order valence-corrected chi connectivity index (χ2v) is 14.3. The minimum atomic E-state index is -1.57. The zero-order valence-electron chi connectivity index (χ0n) is 27.9. The molecule has 0 aromatic heterocycles. The first-order valence-corrected chi connectivity index (χ1v) is 15.5. The Morgan fingerprint density at radius 1 is 0.955 bits per heavy atom. The van der Waals surface area contributed by atoms with E-state index >= 15 is 0 Å². The molecule has 0 amide bonds. The summed E-state index contributed by atoms with van der Waals surface area (Å²) in [4.78, 5) is 44.3. The van der Waals surface area contributed by atoms with Crippen molar-refractivity contribution >= 4 is 23.1 Å². The fraction of sp³-hybridized carbons (Fsp3) is 0.500. The SMILES string of the molecule is C=C(C)[C@H](CC=C(C)C)C[C@@]12C[C@@H](CC=C(C)C)C(C)(C)[C@@H](C=C(C)C)[C@H](C(=O)/C(=C(/O)c3ccc(O)c(O)c3)C1=O)C2=O. The largest absolute Gasteiger partial charge is 0.506 e. The molecule has 2 aliphatic carbocycles. The molecule has 3 rings (SSSR count). The van der Waals surface area contributed by atoms with E-state index in [-0.39, 0.29) is 36.0 Å². The summed E-state index contributed by atoms with van der Waals surface area (Å²) >= 11 is 0. The van der Waals surface area contributed by atoms with Gasteiger partial charge >= 0.3 is 0 Å². The molecule has 0 unspecified atom stereocenters. The van der Waals surface area contributed by atoms with Gasteiger partial charge in [-0.3, -0.25) is 14.4 Å². The lowest BCUT2D eigenvalue weighted by Crippen LogP contribution is -2.54. The smallest absolute Gasteiger partial charge is 0.183 e. The molecule has 44 heavy (non-hydrogen) atoms. The summed E-state index contributed by atoms with van der Waals surface area (Å²) in [6, 6.07) is 3.64. The van der Waals surface area contributed by atoms with Crippen LogP contribution in [-0.4, -0.2) is 32.7 Å². The number of phenols is 2. The predicted molar refractivity (Wildman–Crippen MR) is 176 cm³/mol. The first-order chi connectivity index (χ1) is 20.3. The normalized spacial score (nSPS) is 26.3. The van der Waals surface area contributed by atoms with Gasteiger partial charge in [0.05, 0.1) is 11.3 Å². The Bertz CT molecular complexity index is 1470. The minimum Gasteiger partial charge on any atom is -0.506 e. The first-order valence-electron chi connectivity index (χ1n) is 15.5. The number of carbonyl (C=O) groups is 3. The van der Waals surface area contributed by atoms with Gasteiger partial charge in [0.2, 0.25) is 0 Å². The third-order valence-electron chi connectivity index (χ3n) is 9.72. The zero-order valence-corrected chi connectivity index (χ0v) is 27.9. The molecule has 2 fully saturated rings. The molecule has 1 aromatic rings. The maximum absolute atomic E-state index is 14.9. The number of phenolic OH excluding ortho intramolecular Hbond substituents is 2. The van der Waals surface area contributed by atoms with Crippen molar-refractivity contribution < 1.29 is 29.7 Å². The fourth-order valence-corrected chi connectivity index (χ4v) is 6.95. The Morgan fingerprint density at radius 2 is 1.57 bits per heavy atom. The Labute approximate surface area is 263 Å². The van der Waals surface area contributed by atoms with Crippen LogP contribution in [0.5, 0.6) is 11.5 Å². The predicted octanol–water partition coefficient (Wildman–Crippen LogP) is 8.61. The van der Waals surface area contributed by atoms with Crippen molar-refractivity contribution in [1.29, 1.82) is 0 Å². The Hall–Kier alpha value is -3.67. The van der Waals surface area contributed by atoms with E-state index in [2.05, 4.69) is 32.6 Å². The van der Waals surface area contributed by atoms with E-state index in [1.54, 1.807) is 0 Å². The molecular weight excluding hydrogens is 552 g/mol. The summed E-state index contributed by atoms with van der Waals surface area (Å²) in [6.07, 6.45) is 7.84. The summed E-state index contributed by atoms with van der Waals surface area (Å²) in [7, 11) is 0. The number of fused-ring (bicyclic) bond motifs is 2. The summed E-state index contributed by atoms with van der Waals surface area (Å²) in [5, 5.41) is 31.6. The van der Waals surface area contributed by atoms with E-state index < -0.39 is 57.1 Å². The Kier molecular flexibility index (Phi) is 10.4. The molecule has 0 spiro atoms. The number of aromatic hydroxyl groups is 2. The topological polar surface area (TPSA) is 112 Å². The van der Waals surface area contributed by atoms with Gasteiger partial charge in [-0.25, -0.2) is 0 Å². The van der Waals surface area contributed by atoms with Gasteiger partial charge in [0.25, 0.3) is 0 Å². The van der Waals surface area contributed by atoms with Crippen LogP contribution < -0.4 is 0 Å². The molecule has 0 radical (unpaired) electrons. The van der Waals surface area contributed by atoms with Crippen molar-refractivity contribution in [1.82, 2.24) is 0 Å². The highest BCUT2D eigenvalue weighted by molar-refractivity contribution is 6.39. The van der Waals surface area contributed by atoms with Crippen molar-refractivity contribution in [3.8, 4) is 11.5 Å². The van der Waals surface area contributed by atoms with Crippen LogP contribution in [0.25, 0.3) is 5.76 Å². The number of allylic oxidation sites excluding steroid dienone is 8. The van der Waals surface area contributed by atoms with E-state index in [0.29, 0.717) is 12.8 Å². The highest BCUT2D eigenvalue weighted by Crippen LogP contribution is 2.58. The number of hydrogen-bond donors (Lipinski definition) is 3. The average molecular weight is 603 g/mol. The van der Waals surface area contributed by atoms with E-state index in [0.717, 1.165) is 28.4 Å². The number of hydrogen-bond acceptors (Lipinski definition) is 6. The lowest BCUT2D eigenvalue weighted by molar-refractivity contribution is -0.150. The number of aliphatic hydroxyl groups is 1. The number of Topliss-reactive ketones (excluding diaryl/α,β-unsaturated/α-hetero) is 3. The highest BCUT2D eigenvalue weighted by Gasteiger charge is 2.65. The number of rotatable bonds is 9. The van der Waals surface area contributed by atoms with Crippen LogP contribution in [0.4, 0.5) is 0 Å². The molecule has 1 aromatic carbocycles. The van der Waals surface area contributed by atoms with Gasteiger partial charge in [-0.1, -0.05) is 60.9 Å². The number of carbonyl (C=O) groups excluding carboxylic acids is 3. The zero-order chi connectivity index (χ0) is 33.3. The van der Waals surface area contributed by atoms with Crippen LogP contribution in [0.15, 0.2) is 70.9 Å². The summed E-state index contributed by atoms with van der Waals surface area (Å²) in [6.45, 7) is 22.2. The van der Waals surface area contributed by atoms with Crippen LogP contribution in [0, 0.1) is 34.5 Å². The van der Waals surface area contributed by atoms with Crippen molar-refractivity contribution in [2.24, 2.45) is 34.5 Å². The molecule has 2 bridgehead atoms. The van der Waals surface area contributed by atoms with Gasteiger partial charge in [-0.05, 0) is 116 Å². The molecule has 0 saturated heterocycles. The van der Waals surface area contributed by atoms with Crippen molar-refractivity contribution in [2.45, 2.75) is 88.0 Å². The summed E-state index contributed by atoms with van der Waals surface area (Å²) in [5.41, 5.74) is 1.52. The van der Waals surface area contributed by atoms with Crippen molar-refractivity contribution in [3.63, 3.8) is 0 Å². The minimum absolute atomic E-state index is 0.0124. The molecule has 0 aliphatic heterocycles. The molecular formula is C38H50O6. The Balaban J connectivity index is 2.45. The van der Waals surface area contributed by atoms with Crippen LogP contribution in [0.2, 0.25) is 0 Å². The molecule has 2 saturated carbocycles. The molecule has 5 atom stereocenters. The molecule has 6 nitrogen and oxygen atoms in total. The maximum Gasteiger partial charge on any atom is 0.183 e. The number of ketones is 3. The number of benzene rings is 1. The monoisotopic (exact) mass is 602 g/mol. The average Bonchev–Trinajstić information content (AvgIpc) is 2.96. The van der Waals surface area contributed by atoms with Crippen LogP contribution >= 0.6 is 0 Å². The Morgan fingerprint density at radius 3 is 2.09 bits per heavy atom. The van der Waals surface area contributed by atoms with Crippen LogP contribution in [0.3, 0.4) is 0 Å². The number of aliphatic hydroxyl groups excluding tert-OH is 1. The molecule has 238 valence electrons. The van der Waals surface area contributed by atoms with Gasteiger partial charge in [0.1, 0.15) is 11.3 Å². The second kappa shape index (κ2) is 13.1. The van der Waals surface area contributed by atoms with Crippen molar-refractivity contribution in [3.05, 3.63) is 76.4 Å². The van der Waals surface area contributed by atoms with Gasteiger partial charge < -0.3 is 15.3 Å². The van der Waals surface area contributed by atoms with Gasteiger partial charge in [-0.15, -0.1) is 0 Å². The lowest BCUT2D eigenvalue weighted by Gasteiger charge is -2.40. The van der Waals surface area contributed by atoms with Crippen molar-refractivity contribution in [2.75, 3.05) is 0 Å². The van der Waals surface area contributed by atoms with Gasteiger partial charge in [0.15, 0.2) is 28.8 Å². The van der Waals surface area contributed by atoms with Crippen LogP contribution in [-0.2, 0) is 14.4 Å². The fourth-order valence-electron chi connectivity index (χ4n) is 6.95. The molecule has 0 heterocycles. The first kappa shape index (κ1) is 34.8. The maximum atomic E-state index is 14.9. The highest BCUT2D eigenvalue weighted by atomic mass is 16.3. The standard InChI is InChI=1S/C38H50O6/c1-21(2)11-13-26(24(7)8)19-38-20-27(15-12-22(3)4)37(9,10)28(17-23(5)6)31(35(38)43)34(42)32(36(38)44)33(41)25-14-16-29(39)30(40)18-25/h11-12,14,16-18,26-28,31,39-41H,7,13,15,19-20H2,1-6,8-10H3/b33-32-/t26-,27-,28+,31-,38+/m1/s1. The molecule has 6 heteroatoms. The molecule has 2 aliphatic rings. The summed E-state index contributed by atoms with van der Waals surface area (Å²) < 4.78 is 0. The lowest BCUT2D eigenvalue weighted by atomic mass is 9.58. The summed E-state index contributed by atoms with van der Waals surface area (Å²) in [5.74, 6) is -5.27. The second-order valence-electron chi connectivity index (χ2n) is 14.3. The third-order valence-corrected chi connectivity index (χ3v) is 9.72. The van der Waals surface area contributed by atoms with E-state index in [9.17, 15) is 29.7 Å². The van der Waals surface area contributed by atoms with E-state index in [1.807, 2.05) is 54.5 Å². The van der Waals surface area contributed by atoms with Crippen LogP contribution in [0.1, 0.15) is 93.6 Å². The quantitative estimate of drug-likeness (QED) is 0.0652. The van der Waals surface area contributed by atoms with E-state index in [1.165, 1.54) is 12.1 Å². The van der Waals surface area contributed by atoms with Gasteiger partial charge in [-0.2, -0.15) is 0 Å². The van der Waals surface area contributed by atoms with E-state index in [4.69, 9.17) is 0 Å². The third kappa shape index (κ3) is 6.69. The molecule has 3 N–H and O–H groups in total.